The molecule has 0 bridgehead atoms. The first-order chi connectivity index (χ1) is 14.9. The Morgan fingerprint density at radius 1 is 1.10 bits per heavy atom. The van der Waals surface area contributed by atoms with Crippen LogP contribution < -0.4 is 0 Å². The van der Waals surface area contributed by atoms with Gasteiger partial charge in [-0.25, -0.2) is 9.37 Å². The van der Waals surface area contributed by atoms with Crippen molar-refractivity contribution in [3.8, 4) is 11.3 Å². The summed E-state index contributed by atoms with van der Waals surface area (Å²) >= 11 is 6.05. The highest BCUT2D eigenvalue weighted by Gasteiger charge is 2.50. The number of hydrogen-bond donors (Lipinski definition) is 0. The summed E-state index contributed by atoms with van der Waals surface area (Å²) in [6.07, 6.45) is 0.435. The number of nitrogens with zero attached hydrogens (tertiary/aromatic N) is 4. The number of alkyl halides is 1. The Kier molecular flexibility index (Phi) is 6.01. The third-order valence-corrected chi connectivity index (χ3v) is 6.10. The highest BCUT2D eigenvalue weighted by molar-refractivity contribution is 6.30. The van der Waals surface area contributed by atoms with Gasteiger partial charge in [0.15, 0.2) is 5.82 Å². The maximum atomic E-state index is 14.1. The molecule has 1 aliphatic rings. The van der Waals surface area contributed by atoms with Crippen molar-refractivity contribution in [2.75, 3.05) is 14.1 Å². The van der Waals surface area contributed by atoms with Gasteiger partial charge < -0.3 is 4.90 Å². The molecule has 0 radical (unpaired) electrons. The van der Waals surface area contributed by atoms with Crippen molar-refractivity contribution in [2.24, 2.45) is 0 Å². The van der Waals surface area contributed by atoms with Crippen molar-refractivity contribution in [3.63, 3.8) is 0 Å². The zero-order valence-corrected chi connectivity index (χ0v) is 18.3. The minimum absolute atomic E-state index is 0.0130. The van der Waals surface area contributed by atoms with Gasteiger partial charge in [-0.1, -0.05) is 54.1 Å². The van der Waals surface area contributed by atoms with Crippen molar-refractivity contribution in [2.45, 2.75) is 37.3 Å². The highest BCUT2D eigenvalue weighted by Crippen LogP contribution is 2.49. The topological polar surface area (TPSA) is 59.0 Å². The van der Waals surface area contributed by atoms with Crippen LogP contribution in [0.4, 0.5) is 4.39 Å². The number of rotatable bonds is 6. The standard InChI is InChI=1S/C24H24ClFN4O/c1-30(2)21(31)13-12-20-22(16-6-4-3-5-7-16)28-29-23(27-20)24(14-19(26)15-24)17-8-10-18(25)11-9-17/h3-11,19H,12-15H2,1-2H3/t19-,24-. The number of amides is 1. The highest BCUT2D eigenvalue weighted by atomic mass is 35.5. The van der Waals surface area contributed by atoms with Crippen LogP contribution in [-0.4, -0.2) is 46.3 Å². The van der Waals surface area contributed by atoms with E-state index >= 15 is 0 Å². The molecule has 7 heteroatoms. The molecule has 1 amide bonds. The summed E-state index contributed by atoms with van der Waals surface area (Å²) < 4.78 is 14.1. The van der Waals surface area contributed by atoms with E-state index in [1.807, 2.05) is 42.5 Å². The van der Waals surface area contributed by atoms with E-state index in [2.05, 4.69) is 10.2 Å². The van der Waals surface area contributed by atoms with Crippen LogP contribution in [0.5, 0.6) is 0 Å². The van der Waals surface area contributed by atoms with Gasteiger partial charge in [0.1, 0.15) is 11.9 Å². The second-order valence-corrected chi connectivity index (χ2v) is 8.62. The van der Waals surface area contributed by atoms with Crippen LogP contribution in [0, 0.1) is 0 Å². The molecule has 0 unspecified atom stereocenters. The molecule has 2 aromatic carbocycles. The number of aromatic nitrogens is 3. The van der Waals surface area contributed by atoms with Gasteiger partial charge in [-0.05, 0) is 30.5 Å². The Balaban J connectivity index is 1.76. The van der Waals surface area contributed by atoms with Crippen LogP contribution >= 0.6 is 11.6 Å². The van der Waals surface area contributed by atoms with Crippen LogP contribution in [-0.2, 0) is 16.6 Å². The van der Waals surface area contributed by atoms with Gasteiger partial charge in [-0.3, -0.25) is 4.79 Å². The molecule has 160 valence electrons. The number of aryl methyl sites for hydroxylation is 1. The Morgan fingerprint density at radius 3 is 2.39 bits per heavy atom. The lowest BCUT2D eigenvalue weighted by Gasteiger charge is -2.43. The van der Waals surface area contributed by atoms with Gasteiger partial charge in [0, 0.05) is 37.5 Å². The minimum Gasteiger partial charge on any atom is -0.349 e. The Hall–Kier alpha value is -2.86. The molecule has 5 nitrogen and oxygen atoms in total. The lowest BCUT2D eigenvalue weighted by molar-refractivity contribution is -0.128. The number of hydrogen-bond acceptors (Lipinski definition) is 4. The van der Waals surface area contributed by atoms with Gasteiger partial charge in [-0.2, -0.15) is 0 Å². The fourth-order valence-corrected chi connectivity index (χ4v) is 4.14. The lowest BCUT2D eigenvalue weighted by Crippen LogP contribution is -2.45. The Bertz CT molecular complexity index is 1070. The fraction of sp³-hybridized carbons (Fsp3) is 0.333. The number of halogens is 2. The van der Waals surface area contributed by atoms with Crippen molar-refractivity contribution in [3.05, 3.63) is 76.7 Å². The van der Waals surface area contributed by atoms with Crippen LogP contribution in [0.15, 0.2) is 54.6 Å². The molecule has 4 rings (SSSR count). The molecule has 1 aliphatic carbocycles. The molecule has 0 aliphatic heterocycles. The first kappa shape index (κ1) is 21.4. The normalized spacial score (nSPS) is 20.2. The molecule has 1 heterocycles. The average Bonchev–Trinajstić information content (AvgIpc) is 2.76. The summed E-state index contributed by atoms with van der Waals surface area (Å²) in [5, 5.41) is 9.57. The maximum absolute atomic E-state index is 14.1. The zero-order chi connectivity index (χ0) is 22.0. The summed E-state index contributed by atoms with van der Waals surface area (Å²) in [6.45, 7) is 0. The first-order valence-corrected chi connectivity index (χ1v) is 10.7. The van der Waals surface area contributed by atoms with E-state index in [0.717, 1.165) is 11.1 Å². The molecule has 1 saturated carbocycles. The second-order valence-electron chi connectivity index (χ2n) is 8.18. The van der Waals surface area contributed by atoms with Gasteiger partial charge in [0.05, 0.1) is 11.1 Å². The number of carbonyl (C=O) groups excluding carboxylic acids is 1. The van der Waals surface area contributed by atoms with E-state index in [1.54, 1.807) is 31.1 Å². The smallest absolute Gasteiger partial charge is 0.222 e. The summed E-state index contributed by atoms with van der Waals surface area (Å²) in [6, 6.07) is 17.1. The molecule has 0 saturated heterocycles. The Labute approximate surface area is 186 Å². The van der Waals surface area contributed by atoms with Crippen LogP contribution in [0.3, 0.4) is 0 Å². The van der Waals surface area contributed by atoms with E-state index in [0.29, 0.717) is 47.9 Å². The SMILES string of the molecule is CN(C)C(=O)CCc1nc([C@]2(c3ccc(Cl)cc3)C[C@@H](F)C2)nnc1-c1ccccc1. The Morgan fingerprint density at radius 2 is 1.77 bits per heavy atom. The van der Waals surface area contributed by atoms with Gasteiger partial charge >= 0.3 is 0 Å². The van der Waals surface area contributed by atoms with E-state index in [1.165, 1.54) is 0 Å². The summed E-state index contributed by atoms with van der Waals surface area (Å²) in [7, 11) is 3.46. The van der Waals surface area contributed by atoms with Gasteiger partial charge in [0.2, 0.25) is 5.91 Å². The maximum Gasteiger partial charge on any atom is 0.222 e. The molecule has 31 heavy (non-hydrogen) atoms. The minimum atomic E-state index is -0.910. The van der Waals surface area contributed by atoms with Gasteiger partial charge in [-0.15, -0.1) is 10.2 Å². The molecule has 0 atom stereocenters. The van der Waals surface area contributed by atoms with Crippen molar-refractivity contribution in [1.29, 1.82) is 0 Å². The molecule has 1 fully saturated rings. The monoisotopic (exact) mass is 438 g/mol. The third-order valence-electron chi connectivity index (χ3n) is 5.85. The van der Waals surface area contributed by atoms with E-state index in [-0.39, 0.29) is 5.91 Å². The van der Waals surface area contributed by atoms with E-state index < -0.39 is 11.6 Å². The first-order valence-electron chi connectivity index (χ1n) is 10.3. The van der Waals surface area contributed by atoms with Crippen molar-refractivity contribution < 1.29 is 9.18 Å². The molecule has 1 aromatic heterocycles. The molecule has 0 N–H and O–H groups in total. The van der Waals surface area contributed by atoms with E-state index in [9.17, 15) is 9.18 Å². The van der Waals surface area contributed by atoms with Crippen LogP contribution in [0.1, 0.15) is 36.3 Å². The second kappa shape index (κ2) is 8.71. The predicted molar refractivity (Wildman–Crippen MR) is 119 cm³/mol. The summed E-state index contributed by atoms with van der Waals surface area (Å²) in [5.74, 6) is 0.509. The van der Waals surface area contributed by atoms with Crippen LogP contribution in [0.2, 0.25) is 5.02 Å². The number of carbonyl (C=O) groups is 1. The molecular weight excluding hydrogens is 415 g/mol. The summed E-state index contributed by atoms with van der Waals surface area (Å²) in [5.41, 5.74) is 2.53. The lowest BCUT2D eigenvalue weighted by atomic mass is 9.62. The number of benzene rings is 2. The average molecular weight is 439 g/mol. The molecule has 3 aromatic rings. The zero-order valence-electron chi connectivity index (χ0n) is 17.6. The van der Waals surface area contributed by atoms with E-state index in [4.69, 9.17) is 16.6 Å². The van der Waals surface area contributed by atoms with Crippen molar-refractivity contribution >= 4 is 17.5 Å². The third kappa shape index (κ3) is 4.30. The van der Waals surface area contributed by atoms with Crippen molar-refractivity contribution in [1.82, 2.24) is 20.1 Å². The molecular formula is C24H24ClFN4O. The summed E-state index contributed by atoms with van der Waals surface area (Å²) in [4.78, 5) is 18.6. The quantitative estimate of drug-likeness (QED) is 0.563. The largest absolute Gasteiger partial charge is 0.349 e. The molecule has 0 spiro atoms. The van der Waals surface area contributed by atoms with Crippen LogP contribution in [0.25, 0.3) is 11.3 Å². The van der Waals surface area contributed by atoms with Gasteiger partial charge in [0.25, 0.3) is 0 Å². The fourth-order valence-electron chi connectivity index (χ4n) is 4.02. The predicted octanol–water partition coefficient (Wildman–Crippen LogP) is 4.63.